The van der Waals surface area contributed by atoms with E-state index in [1.807, 2.05) is 13.2 Å². The highest BCUT2D eigenvalue weighted by Crippen LogP contribution is 2.31. The second kappa shape index (κ2) is 5.46. The number of aliphatic hydroxyl groups is 1. The molecule has 0 saturated carbocycles. The van der Waals surface area contributed by atoms with Crippen LogP contribution in [0.1, 0.15) is 16.8 Å². The van der Waals surface area contributed by atoms with Crippen molar-refractivity contribution in [1.29, 1.82) is 0 Å². The van der Waals surface area contributed by atoms with Crippen LogP contribution in [0.2, 0.25) is 5.02 Å². The lowest BCUT2D eigenvalue weighted by atomic mass is 10.2. The predicted octanol–water partition coefficient (Wildman–Crippen LogP) is 1.46. The minimum atomic E-state index is -0.176. The number of hydrogen-bond donors (Lipinski definition) is 3. The van der Waals surface area contributed by atoms with Gasteiger partial charge in [-0.25, -0.2) is 4.98 Å². The summed E-state index contributed by atoms with van der Waals surface area (Å²) in [5.74, 6) is 0.517. The smallest absolute Gasteiger partial charge is 0.151 e. The Morgan fingerprint density at radius 1 is 1.53 bits per heavy atom. The van der Waals surface area contributed by atoms with Crippen LogP contribution in [-0.2, 0) is 20.2 Å². The summed E-state index contributed by atoms with van der Waals surface area (Å²) in [4.78, 5) is 4.32. The standard InChI is InChI=1S/C12H16ClN5O/c1-7-9(6-19)10(13)11(14)12(17-7)15-3-8-4-16-18(2)5-8/h4-5,19H,3,6,14H2,1-2H3,(H,15,17). The van der Waals surface area contributed by atoms with E-state index in [1.165, 1.54) is 0 Å². The molecule has 102 valence electrons. The third-order valence-corrected chi connectivity index (χ3v) is 3.28. The molecule has 0 spiro atoms. The Labute approximate surface area is 116 Å². The van der Waals surface area contributed by atoms with Crippen LogP contribution in [0.4, 0.5) is 11.5 Å². The summed E-state index contributed by atoms with van der Waals surface area (Å²) >= 11 is 6.11. The summed E-state index contributed by atoms with van der Waals surface area (Å²) in [6, 6.07) is 0. The fourth-order valence-corrected chi connectivity index (χ4v) is 2.07. The molecule has 4 N–H and O–H groups in total. The van der Waals surface area contributed by atoms with Crippen molar-refractivity contribution in [2.75, 3.05) is 11.1 Å². The van der Waals surface area contributed by atoms with Crippen LogP contribution in [0.3, 0.4) is 0 Å². The van der Waals surface area contributed by atoms with Crippen LogP contribution in [-0.4, -0.2) is 19.9 Å². The van der Waals surface area contributed by atoms with E-state index in [-0.39, 0.29) is 6.61 Å². The Morgan fingerprint density at radius 3 is 2.84 bits per heavy atom. The minimum absolute atomic E-state index is 0.176. The summed E-state index contributed by atoms with van der Waals surface area (Å²) in [7, 11) is 1.85. The van der Waals surface area contributed by atoms with Gasteiger partial charge in [0.15, 0.2) is 5.82 Å². The average molecular weight is 282 g/mol. The monoisotopic (exact) mass is 281 g/mol. The lowest BCUT2D eigenvalue weighted by Gasteiger charge is -2.13. The zero-order chi connectivity index (χ0) is 14.0. The maximum atomic E-state index is 9.21. The molecule has 0 radical (unpaired) electrons. The number of nitrogen functional groups attached to an aromatic ring is 1. The summed E-state index contributed by atoms with van der Waals surface area (Å²) in [6.07, 6.45) is 3.67. The number of nitrogens with one attached hydrogen (secondary N) is 1. The van der Waals surface area contributed by atoms with Gasteiger partial charge in [0, 0.05) is 36.6 Å². The fourth-order valence-electron chi connectivity index (χ4n) is 1.79. The molecule has 2 heterocycles. The molecule has 0 aliphatic rings. The maximum absolute atomic E-state index is 9.21. The molecule has 0 aromatic carbocycles. The van der Waals surface area contributed by atoms with Crippen molar-refractivity contribution in [1.82, 2.24) is 14.8 Å². The van der Waals surface area contributed by atoms with Gasteiger partial charge in [-0.15, -0.1) is 0 Å². The summed E-state index contributed by atoms with van der Waals surface area (Å²) in [5.41, 5.74) is 8.50. The van der Waals surface area contributed by atoms with Crippen molar-refractivity contribution in [3.63, 3.8) is 0 Å². The van der Waals surface area contributed by atoms with E-state index < -0.39 is 0 Å². The van der Waals surface area contributed by atoms with E-state index >= 15 is 0 Å². The first kappa shape index (κ1) is 13.6. The van der Waals surface area contributed by atoms with Gasteiger partial charge in [0.05, 0.1) is 23.5 Å². The minimum Gasteiger partial charge on any atom is -0.395 e. The summed E-state index contributed by atoms with van der Waals surface area (Å²) in [5, 5.41) is 16.8. The van der Waals surface area contributed by atoms with Gasteiger partial charge in [0.1, 0.15) is 0 Å². The third kappa shape index (κ3) is 2.80. The first-order valence-electron chi connectivity index (χ1n) is 5.79. The largest absolute Gasteiger partial charge is 0.395 e. The fraction of sp³-hybridized carbons (Fsp3) is 0.333. The van der Waals surface area contributed by atoms with E-state index in [4.69, 9.17) is 17.3 Å². The molecule has 2 aromatic rings. The second-order valence-electron chi connectivity index (χ2n) is 4.29. The molecule has 0 fully saturated rings. The van der Waals surface area contributed by atoms with E-state index in [2.05, 4.69) is 15.4 Å². The summed E-state index contributed by atoms with van der Waals surface area (Å²) < 4.78 is 1.72. The molecule has 19 heavy (non-hydrogen) atoms. The van der Waals surface area contributed by atoms with Crippen LogP contribution in [0.25, 0.3) is 0 Å². The van der Waals surface area contributed by atoms with E-state index in [0.717, 1.165) is 5.56 Å². The van der Waals surface area contributed by atoms with E-state index in [9.17, 15) is 5.11 Å². The van der Waals surface area contributed by atoms with Gasteiger partial charge in [-0.05, 0) is 6.92 Å². The van der Waals surface area contributed by atoms with E-state index in [1.54, 1.807) is 17.8 Å². The molecule has 2 aromatic heterocycles. The number of pyridine rings is 1. The zero-order valence-corrected chi connectivity index (χ0v) is 11.6. The summed E-state index contributed by atoms with van der Waals surface area (Å²) in [6.45, 7) is 2.16. The molecule has 0 aliphatic carbocycles. The Kier molecular flexibility index (Phi) is 3.92. The van der Waals surface area contributed by atoms with Gasteiger partial charge in [-0.2, -0.15) is 5.10 Å². The number of halogens is 1. The van der Waals surface area contributed by atoms with Crippen molar-refractivity contribution in [2.24, 2.45) is 7.05 Å². The van der Waals surface area contributed by atoms with Crippen LogP contribution >= 0.6 is 11.6 Å². The van der Waals surface area contributed by atoms with Crippen LogP contribution in [0.15, 0.2) is 12.4 Å². The van der Waals surface area contributed by atoms with Crippen LogP contribution in [0, 0.1) is 6.92 Å². The Morgan fingerprint density at radius 2 is 2.26 bits per heavy atom. The SMILES string of the molecule is Cc1nc(NCc2cnn(C)c2)c(N)c(Cl)c1CO. The Bertz CT molecular complexity index is 596. The van der Waals surface area contributed by atoms with Crippen molar-refractivity contribution in [3.8, 4) is 0 Å². The normalized spacial score (nSPS) is 10.7. The van der Waals surface area contributed by atoms with Crippen molar-refractivity contribution < 1.29 is 5.11 Å². The molecular formula is C12H16ClN5O. The first-order chi connectivity index (χ1) is 9.02. The topological polar surface area (TPSA) is 89.0 Å². The number of aryl methyl sites for hydroxylation is 2. The molecular weight excluding hydrogens is 266 g/mol. The lowest BCUT2D eigenvalue weighted by molar-refractivity contribution is 0.280. The predicted molar refractivity (Wildman–Crippen MR) is 74.9 cm³/mol. The molecule has 0 unspecified atom stereocenters. The molecule has 0 aliphatic heterocycles. The van der Waals surface area contributed by atoms with Gasteiger partial charge in [0.25, 0.3) is 0 Å². The Hall–Kier alpha value is -1.79. The molecule has 0 amide bonds. The van der Waals surface area contributed by atoms with Crippen molar-refractivity contribution in [3.05, 3.63) is 34.2 Å². The quantitative estimate of drug-likeness (QED) is 0.790. The molecule has 0 atom stereocenters. The lowest BCUT2D eigenvalue weighted by Crippen LogP contribution is -2.08. The average Bonchev–Trinajstić information content (AvgIpc) is 2.79. The number of rotatable bonds is 4. The van der Waals surface area contributed by atoms with Crippen LogP contribution < -0.4 is 11.1 Å². The number of aromatic nitrogens is 3. The first-order valence-corrected chi connectivity index (χ1v) is 6.17. The highest BCUT2D eigenvalue weighted by molar-refractivity contribution is 6.34. The van der Waals surface area contributed by atoms with Gasteiger partial charge in [0.2, 0.25) is 0 Å². The second-order valence-corrected chi connectivity index (χ2v) is 4.66. The van der Waals surface area contributed by atoms with Crippen molar-refractivity contribution in [2.45, 2.75) is 20.1 Å². The maximum Gasteiger partial charge on any atom is 0.151 e. The van der Waals surface area contributed by atoms with Gasteiger partial charge >= 0.3 is 0 Å². The van der Waals surface area contributed by atoms with Gasteiger partial charge in [-0.3, -0.25) is 4.68 Å². The van der Waals surface area contributed by atoms with Gasteiger partial charge in [-0.1, -0.05) is 11.6 Å². The number of nitrogens with two attached hydrogens (primary N) is 1. The molecule has 7 heteroatoms. The third-order valence-electron chi connectivity index (χ3n) is 2.85. The van der Waals surface area contributed by atoms with Crippen molar-refractivity contribution >= 4 is 23.1 Å². The highest BCUT2D eigenvalue weighted by Gasteiger charge is 2.13. The molecule has 0 bridgehead atoms. The highest BCUT2D eigenvalue weighted by atomic mass is 35.5. The number of hydrogen-bond acceptors (Lipinski definition) is 5. The molecule has 0 saturated heterocycles. The van der Waals surface area contributed by atoms with E-state index in [0.29, 0.717) is 34.3 Å². The van der Waals surface area contributed by atoms with Crippen LogP contribution in [0.5, 0.6) is 0 Å². The number of aliphatic hydroxyl groups excluding tert-OH is 1. The van der Waals surface area contributed by atoms with Gasteiger partial charge < -0.3 is 16.2 Å². The number of anilines is 2. The number of nitrogens with zero attached hydrogens (tertiary/aromatic N) is 3. The zero-order valence-electron chi connectivity index (χ0n) is 10.8. The molecule has 2 rings (SSSR count). The molecule has 6 nitrogen and oxygen atoms in total. The Balaban J connectivity index is 2.21.